The highest BCUT2D eigenvalue weighted by Gasteiger charge is 2.34. The third kappa shape index (κ3) is 3.03. The summed E-state index contributed by atoms with van der Waals surface area (Å²) in [5.74, 6) is 1.15. The van der Waals surface area contributed by atoms with Gasteiger partial charge >= 0.3 is 0 Å². The summed E-state index contributed by atoms with van der Waals surface area (Å²) in [6.45, 7) is 2.89. The minimum atomic E-state index is -0.455. The number of amides is 1. The molecule has 3 heterocycles. The molecule has 1 fully saturated rings. The molecule has 2 aromatic heterocycles. The Labute approximate surface area is 143 Å². The number of ether oxygens (including phenoxy) is 1. The molecule has 0 unspecified atom stereocenters. The zero-order chi connectivity index (χ0) is 17.2. The van der Waals surface area contributed by atoms with Crippen molar-refractivity contribution >= 4 is 5.91 Å². The topological polar surface area (TPSA) is 94.5 Å². The molecular weight excluding hydrogens is 324 g/mol. The lowest BCUT2D eigenvalue weighted by Gasteiger charge is -2.32. The maximum atomic E-state index is 12.7. The second-order valence-corrected chi connectivity index (χ2v) is 5.73. The highest BCUT2D eigenvalue weighted by molar-refractivity contribution is 5.92. The predicted octanol–water partition coefficient (Wildman–Crippen LogP) is 2.25. The Morgan fingerprint density at radius 1 is 1.20 bits per heavy atom. The molecule has 1 aromatic carbocycles. The number of aromatic nitrogens is 3. The van der Waals surface area contributed by atoms with Gasteiger partial charge in [-0.3, -0.25) is 4.79 Å². The predicted molar refractivity (Wildman–Crippen MR) is 85.6 cm³/mol. The van der Waals surface area contributed by atoms with Gasteiger partial charge in [-0.05, 0) is 6.92 Å². The van der Waals surface area contributed by atoms with Gasteiger partial charge in [-0.2, -0.15) is 4.98 Å². The minimum absolute atomic E-state index is 0.246. The maximum Gasteiger partial charge on any atom is 0.276 e. The van der Waals surface area contributed by atoms with Crippen molar-refractivity contribution in [1.29, 1.82) is 0 Å². The number of morpholine rings is 1. The zero-order valence-corrected chi connectivity index (χ0v) is 13.6. The third-order valence-corrected chi connectivity index (χ3v) is 4.00. The number of rotatable bonds is 3. The molecule has 0 spiro atoms. The summed E-state index contributed by atoms with van der Waals surface area (Å²) >= 11 is 0. The molecule has 0 bridgehead atoms. The Kier molecular flexibility index (Phi) is 4.02. The van der Waals surface area contributed by atoms with Crippen LogP contribution in [0.2, 0.25) is 0 Å². The fourth-order valence-electron chi connectivity index (χ4n) is 2.74. The molecule has 128 valence electrons. The van der Waals surface area contributed by atoms with Gasteiger partial charge in [-0.15, -0.1) is 0 Å². The number of benzene rings is 1. The quantitative estimate of drug-likeness (QED) is 0.721. The lowest BCUT2D eigenvalue weighted by atomic mass is 10.2. The zero-order valence-electron chi connectivity index (χ0n) is 13.6. The van der Waals surface area contributed by atoms with E-state index in [0.29, 0.717) is 37.2 Å². The van der Waals surface area contributed by atoms with Crippen LogP contribution >= 0.6 is 0 Å². The first-order valence-corrected chi connectivity index (χ1v) is 7.93. The summed E-state index contributed by atoms with van der Waals surface area (Å²) < 4.78 is 15.9. The van der Waals surface area contributed by atoms with E-state index >= 15 is 0 Å². The van der Waals surface area contributed by atoms with E-state index in [1.54, 1.807) is 17.9 Å². The van der Waals surface area contributed by atoms with Crippen molar-refractivity contribution in [3.63, 3.8) is 0 Å². The summed E-state index contributed by atoms with van der Waals surface area (Å²) in [5.41, 5.74) is 1.10. The van der Waals surface area contributed by atoms with Crippen molar-refractivity contribution in [3.05, 3.63) is 53.7 Å². The summed E-state index contributed by atoms with van der Waals surface area (Å²) in [5, 5.41) is 7.82. The minimum Gasteiger partial charge on any atom is -0.377 e. The lowest BCUT2D eigenvalue weighted by Crippen LogP contribution is -2.43. The van der Waals surface area contributed by atoms with E-state index in [9.17, 15) is 4.79 Å². The number of hydrogen-bond acceptors (Lipinski definition) is 7. The summed E-state index contributed by atoms with van der Waals surface area (Å²) in [6, 6.07) is 10.7. The maximum absolute atomic E-state index is 12.7. The standard InChI is InChI=1S/C17H16N4O4/c1-11-9-13(19-24-11)17(22)21-7-8-23-10-14(21)16-18-15(20-25-16)12-5-3-2-4-6-12/h2-6,9,14H,7-8,10H2,1H3/t14-/m1/s1. The van der Waals surface area contributed by atoms with E-state index in [0.717, 1.165) is 5.56 Å². The normalized spacial score (nSPS) is 17.6. The first kappa shape index (κ1) is 15.5. The van der Waals surface area contributed by atoms with Crippen molar-refractivity contribution in [2.75, 3.05) is 19.8 Å². The molecule has 8 heteroatoms. The van der Waals surface area contributed by atoms with Crippen LogP contribution in [0, 0.1) is 6.92 Å². The van der Waals surface area contributed by atoms with Crippen molar-refractivity contribution in [2.45, 2.75) is 13.0 Å². The molecule has 25 heavy (non-hydrogen) atoms. The van der Waals surface area contributed by atoms with Crippen molar-refractivity contribution < 1.29 is 18.6 Å². The van der Waals surface area contributed by atoms with Gasteiger partial charge in [0.1, 0.15) is 11.8 Å². The number of hydrogen-bond donors (Lipinski definition) is 0. The third-order valence-electron chi connectivity index (χ3n) is 4.00. The van der Waals surface area contributed by atoms with Crippen LogP contribution in [0.4, 0.5) is 0 Å². The molecule has 0 aliphatic carbocycles. The Hall–Kier alpha value is -3.00. The van der Waals surface area contributed by atoms with Gasteiger partial charge in [0.25, 0.3) is 11.8 Å². The molecule has 1 aliphatic heterocycles. The van der Waals surface area contributed by atoms with Crippen molar-refractivity contribution in [3.8, 4) is 11.4 Å². The van der Waals surface area contributed by atoms with E-state index in [-0.39, 0.29) is 11.6 Å². The van der Waals surface area contributed by atoms with Crippen LogP contribution in [-0.2, 0) is 4.74 Å². The van der Waals surface area contributed by atoms with Crippen molar-refractivity contribution in [2.24, 2.45) is 0 Å². The Bertz CT molecular complexity index is 874. The average Bonchev–Trinajstić information content (AvgIpc) is 3.31. The molecule has 1 aliphatic rings. The van der Waals surface area contributed by atoms with Gasteiger partial charge in [-0.1, -0.05) is 40.6 Å². The Morgan fingerprint density at radius 3 is 2.80 bits per heavy atom. The molecule has 1 saturated heterocycles. The van der Waals surface area contributed by atoms with E-state index in [1.807, 2.05) is 30.3 Å². The fourth-order valence-corrected chi connectivity index (χ4v) is 2.74. The molecule has 1 amide bonds. The molecule has 3 aromatic rings. The lowest BCUT2D eigenvalue weighted by molar-refractivity contribution is -0.0123. The van der Waals surface area contributed by atoms with Crippen LogP contribution in [-0.4, -0.2) is 45.9 Å². The molecule has 1 atom stereocenters. The molecule has 8 nitrogen and oxygen atoms in total. The van der Waals surface area contributed by atoms with Crippen LogP contribution in [0.3, 0.4) is 0 Å². The largest absolute Gasteiger partial charge is 0.377 e. The Morgan fingerprint density at radius 2 is 2.04 bits per heavy atom. The van der Waals surface area contributed by atoms with Crippen LogP contribution in [0.1, 0.15) is 28.2 Å². The van der Waals surface area contributed by atoms with E-state index < -0.39 is 6.04 Å². The van der Waals surface area contributed by atoms with Crippen LogP contribution in [0.25, 0.3) is 11.4 Å². The average molecular weight is 340 g/mol. The fraction of sp³-hybridized carbons (Fsp3) is 0.294. The first-order valence-electron chi connectivity index (χ1n) is 7.93. The molecule has 4 rings (SSSR count). The van der Waals surface area contributed by atoms with Gasteiger partial charge in [0.05, 0.1) is 13.2 Å². The number of aryl methyl sites for hydroxylation is 1. The SMILES string of the molecule is Cc1cc(C(=O)N2CCOC[C@@H]2c2nc(-c3ccccc3)no2)no1. The van der Waals surface area contributed by atoms with E-state index in [2.05, 4.69) is 15.3 Å². The van der Waals surface area contributed by atoms with E-state index in [1.165, 1.54) is 0 Å². The Balaban J connectivity index is 1.61. The highest BCUT2D eigenvalue weighted by atomic mass is 16.5. The number of carbonyl (C=O) groups excluding carboxylic acids is 1. The second-order valence-electron chi connectivity index (χ2n) is 5.73. The van der Waals surface area contributed by atoms with Gasteiger partial charge in [0.2, 0.25) is 5.82 Å². The summed E-state index contributed by atoms with van der Waals surface area (Å²) in [7, 11) is 0. The monoisotopic (exact) mass is 340 g/mol. The molecule has 0 N–H and O–H groups in total. The van der Waals surface area contributed by atoms with Crippen LogP contribution in [0.5, 0.6) is 0 Å². The van der Waals surface area contributed by atoms with Gasteiger partial charge in [0, 0.05) is 18.2 Å². The van der Waals surface area contributed by atoms with E-state index in [4.69, 9.17) is 13.8 Å². The first-order chi connectivity index (χ1) is 12.2. The van der Waals surface area contributed by atoms with Gasteiger partial charge in [0.15, 0.2) is 5.69 Å². The molecule has 0 saturated carbocycles. The van der Waals surface area contributed by atoms with Crippen LogP contribution < -0.4 is 0 Å². The number of carbonyl (C=O) groups is 1. The van der Waals surface area contributed by atoms with Gasteiger partial charge in [-0.25, -0.2) is 0 Å². The van der Waals surface area contributed by atoms with Crippen LogP contribution in [0.15, 0.2) is 45.4 Å². The smallest absolute Gasteiger partial charge is 0.276 e. The summed E-state index contributed by atoms with van der Waals surface area (Å²) in [6.07, 6.45) is 0. The molecular formula is C17H16N4O4. The second kappa shape index (κ2) is 6.48. The van der Waals surface area contributed by atoms with Crippen molar-refractivity contribution in [1.82, 2.24) is 20.2 Å². The molecule has 0 radical (unpaired) electrons. The summed E-state index contributed by atoms with van der Waals surface area (Å²) in [4.78, 5) is 18.8. The number of nitrogens with zero attached hydrogens (tertiary/aromatic N) is 4. The highest BCUT2D eigenvalue weighted by Crippen LogP contribution is 2.26. The van der Waals surface area contributed by atoms with Gasteiger partial charge < -0.3 is 18.7 Å².